The van der Waals surface area contributed by atoms with Crippen molar-refractivity contribution in [3.8, 4) is 0 Å². The van der Waals surface area contributed by atoms with Crippen LogP contribution in [0.1, 0.15) is 64.2 Å². The van der Waals surface area contributed by atoms with Crippen LogP contribution < -0.4 is 0 Å². The Labute approximate surface area is 144 Å². The van der Waals surface area contributed by atoms with Gasteiger partial charge in [0.25, 0.3) is 0 Å². The molecule has 132 valence electrons. The molecule has 0 aromatic heterocycles. The van der Waals surface area contributed by atoms with Crippen molar-refractivity contribution in [1.29, 1.82) is 0 Å². The molecule has 0 unspecified atom stereocenters. The molecule has 2 aliphatic heterocycles. The van der Waals surface area contributed by atoms with Crippen molar-refractivity contribution in [3.05, 3.63) is 0 Å². The summed E-state index contributed by atoms with van der Waals surface area (Å²) in [6, 6.07) is 0.389. The molecular formula is C20H30N2O2. The number of hydrogen-bond donors (Lipinski definition) is 0. The van der Waals surface area contributed by atoms with Crippen LogP contribution in [-0.4, -0.2) is 47.3 Å². The zero-order valence-corrected chi connectivity index (χ0v) is 14.7. The van der Waals surface area contributed by atoms with E-state index in [0.717, 1.165) is 63.1 Å². The molecule has 6 rings (SSSR count). The van der Waals surface area contributed by atoms with Gasteiger partial charge in [0.1, 0.15) is 0 Å². The average Bonchev–Trinajstić information content (AvgIpc) is 2.99. The molecule has 0 N–H and O–H groups in total. The fourth-order valence-electron chi connectivity index (χ4n) is 7.14. The van der Waals surface area contributed by atoms with Crippen molar-refractivity contribution in [2.24, 2.45) is 23.2 Å². The van der Waals surface area contributed by atoms with E-state index in [1.54, 1.807) is 0 Å². The zero-order chi connectivity index (χ0) is 16.3. The number of rotatable bonds is 2. The lowest BCUT2D eigenvalue weighted by Gasteiger charge is -2.57. The van der Waals surface area contributed by atoms with Crippen LogP contribution in [-0.2, 0) is 9.59 Å². The maximum Gasteiger partial charge on any atom is 0.228 e. The topological polar surface area (TPSA) is 40.6 Å². The first-order valence-electron chi connectivity index (χ1n) is 10.2. The number of nitrogens with zero attached hydrogens (tertiary/aromatic N) is 2. The van der Waals surface area contributed by atoms with E-state index in [9.17, 15) is 9.59 Å². The number of hydrogen-bond acceptors (Lipinski definition) is 2. The van der Waals surface area contributed by atoms with Gasteiger partial charge in [0.05, 0.1) is 5.41 Å². The van der Waals surface area contributed by atoms with Gasteiger partial charge in [-0.2, -0.15) is 0 Å². The number of carbonyl (C=O) groups is 2. The average molecular weight is 330 g/mol. The van der Waals surface area contributed by atoms with Crippen LogP contribution in [0.3, 0.4) is 0 Å². The molecular weight excluding hydrogens is 300 g/mol. The summed E-state index contributed by atoms with van der Waals surface area (Å²) in [6.45, 7) is 2.68. The van der Waals surface area contributed by atoms with Crippen LogP contribution in [0.15, 0.2) is 0 Å². The van der Waals surface area contributed by atoms with E-state index in [1.807, 2.05) is 0 Å². The SMILES string of the molecule is O=C1CCCN1C1CCN(C(=O)C23CC4CC(CC(C4)C2)C3)CC1. The lowest BCUT2D eigenvalue weighted by Crippen LogP contribution is -2.56. The molecule has 4 nitrogen and oxygen atoms in total. The van der Waals surface area contributed by atoms with E-state index >= 15 is 0 Å². The van der Waals surface area contributed by atoms with Crippen molar-refractivity contribution < 1.29 is 9.59 Å². The summed E-state index contributed by atoms with van der Waals surface area (Å²) < 4.78 is 0. The van der Waals surface area contributed by atoms with Crippen molar-refractivity contribution in [2.75, 3.05) is 19.6 Å². The molecule has 4 heteroatoms. The van der Waals surface area contributed by atoms with Gasteiger partial charge in [-0.1, -0.05) is 0 Å². The second-order valence-corrected chi connectivity index (χ2v) is 9.41. The minimum absolute atomic E-state index is 0.00501. The molecule has 24 heavy (non-hydrogen) atoms. The fraction of sp³-hybridized carbons (Fsp3) is 0.900. The number of piperidine rings is 1. The van der Waals surface area contributed by atoms with E-state index < -0.39 is 0 Å². The predicted octanol–water partition coefficient (Wildman–Crippen LogP) is 2.82. The quantitative estimate of drug-likeness (QED) is 0.781. The molecule has 4 saturated carbocycles. The molecule has 0 aromatic carbocycles. The minimum Gasteiger partial charge on any atom is -0.342 e. The van der Waals surface area contributed by atoms with Crippen molar-refractivity contribution in [3.63, 3.8) is 0 Å². The molecule has 0 spiro atoms. The largest absolute Gasteiger partial charge is 0.342 e. The highest BCUT2D eigenvalue weighted by Crippen LogP contribution is 2.60. The maximum absolute atomic E-state index is 13.4. The zero-order valence-electron chi connectivity index (χ0n) is 14.7. The van der Waals surface area contributed by atoms with Gasteiger partial charge >= 0.3 is 0 Å². The Kier molecular flexibility index (Phi) is 3.47. The van der Waals surface area contributed by atoms with Crippen molar-refractivity contribution in [1.82, 2.24) is 9.80 Å². The first-order chi connectivity index (χ1) is 11.6. The molecule has 2 amide bonds. The number of carbonyl (C=O) groups excluding carboxylic acids is 2. The normalized spacial score (nSPS) is 42.2. The van der Waals surface area contributed by atoms with Crippen LogP contribution in [0.25, 0.3) is 0 Å². The first-order valence-corrected chi connectivity index (χ1v) is 10.2. The van der Waals surface area contributed by atoms with Crippen LogP contribution in [0.4, 0.5) is 0 Å². The van der Waals surface area contributed by atoms with Gasteiger partial charge in [-0.15, -0.1) is 0 Å². The molecule has 4 aliphatic carbocycles. The first kappa shape index (κ1) is 15.2. The standard InChI is InChI=1S/C20H30N2O2/c23-18-2-1-5-22(18)17-3-6-21(7-4-17)19(24)20-11-14-8-15(12-20)10-16(9-14)13-20/h14-17H,1-13H2. The van der Waals surface area contributed by atoms with Gasteiger partial charge < -0.3 is 9.80 Å². The minimum atomic E-state index is 0.00501. The summed E-state index contributed by atoms with van der Waals surface area (Å²) in [5.74, 6) is 3.31. The highest BCUT2D eigenvalue weighted by molar-refractivity contribution is 5.83. The highest BCUT2D eigenvalue weighted by atomic mass is 16.2. The van der Waals surface area contributed by atoms with Crippen LogP contribution >= 0.6 is 0 Å². The van der Waals surface area contributed by atoms with Crippen LogP contribution in [0.5, 0.6) is 0 Å². The van der Waals surface area contributed by atoms with Gasteiger partial charge in [-0.3, -0.25) is 9.59 Å². The van der Waals surface area contributed by atoms with E-state index in [0.29, 0.717) is 17.9 Å². The Balaban J connectivity index is 1.25. The summed E-state index contributed by atoms with van der Waals surface area (Å²) in [7, 11) is 0. The second-order valence-electron chi connectivity index (χ2n) is 9.41. The van der Waals surface area contributed by atoms with Gasteiger partial charge in [-0.25, -0.2) is 0 Å². The van der Waals surface area contributed by atoms with Crippen LogP contribution in [0, 0.1) is 23.2 Å². The fourth-order valence-corrected chi connectivity index (χ4v) is 7.14. The summed E-state index contributed by atoms with van der Waals surface area (Å²) in [4.78, 5) is 29.6. The number of likely N-dealkylation sites (tertiary alicyclic amines) is 2. The monoisotopic (exact) mass is 330 g/mol. The Morgan fingerprint density at radius 2 is 1.50 bits per heavy atom. The third-order valence-corrected chi connectivity index (χ3v) is 7.79. The number of amides is 2. The molecule has 2 saturated heterocycles. The maximum atomic E-state index is 13.4. The summed E-state index contributed by atoms with van der Waals surface area (Å²) in [5.41, 5.74) is 0.00501. The Morgan fingerprint density at radius 3 is 2.00 bits per heavy atom. The molecule has 0 atom stereocenters. The Morgan fingerprint density at radius 1 is 0.917 bits per heavy atom. The highest BCUT2D eigenvalue weighted by Gasteiger charge is 2.55. The Bertz CT molecular complexity index is 515. The predicted molar refractivity (Wildman–Crippen MR) is 91.2 cm³/mol. The van der Waals surface area contributed by atoms with E-state index in [2.05, 4.69) is 9.80 Å². The van der Waals surface area contributed by atoms with E-state index in [4.69, 9.17) is 0 Å². The lowest BCUT2D eigenvalue weighted by atomic mass is 9.49. The third-order valence-electron chi connectivity index (χ3n) is 7.79. The summed E-state index contributed by atoms with van der Waals surface area (Å²) in [5, 5.41) is 0. The van der Waals surface area contributed by atoms with E-state index in [-0.39, 0.29) is 5.41 Å². The summed E-state index contributed by atoms with van der Waals surface area (Å²) in [6.07, 6.45) is 11.4. The Hall–Kier alpha value is -1.06. The molecule has 2 heterocycles. The van der Waals surface area contributed by atoms with Gasteiger partial charge in [-0.05, 0) is 75.5 Å². The smallest absolute Gasteiger partial charge is 0.228 e. The van der Waals surface area contributed by atoms with Gasteiger partial charge in [0.15, 0.2) is 0 Å². The van der Waals surface area contributed by atoms with Gasteiger partial charge in [0.2, 0.25) is 11.8 Å². The second kappa shape index (κ2) is 5.47. The third kappa shape index (κ3) is 2.32. The summed E-state index contributed by atoms with van der Waals surface area (Å²) >= 11 is 0. The molecule has 0 radical (unpaired) electrons. The lowest BCUT2D eigenvalue weighted by molar-refractivity contribution is -0.159. The van der Waals surface area contributed by atoms with Crippen molar-refractivity contribution >= 4 is 11.8 Å². The van der Waals surface area contributed by atoms with E-state index in [1.165, 1.54) is 38.5 Å². The molecule has 6 aliphatic rings. The van der Waals surface area contributed by atoms with Crippen LogP contribution in [0.2, 0.25) is 0 Å². The molecule has 4 bridgehead atoms. The van der Waals surface area contributed by atoms with Gasteiger partial charge in [0, 0.05) is 32.1 Å². The molecule has 0 aromatic rings. The van der Waals surface area contributed by atoms with Crippen molar-refractivity contribution in [2.45, 2.75) is 70.3 Å². The molecule has 6 fully saturated rings.